The maximum absolute atomic E-state index is 13.2. The van der Waals surface area contributed by atoms with E-state index in [2.05, 4.69) is 10.6 Å². The maximum Gasteiger partial charge on any atom is 0.339 e. The van der Waals surface area contributed by atoms with Crippen LogP contribution >= 0.6 is 0 Å². The number of nitrogens with one attached hydrogen (secondary N) is 2. The Morgan fingerprint density at radius 1 is 0.755 bits per heavy atom. The minimum Gasteiger partial charge on any atom is -0.508 e. The molecule has 1 heterocycles. The molecular weight excluding hydrogens is 632 g/mol. The smallest absolute Gasteiger partial charge is 0.339 e. The van der Waals surface area contributed by atoms with Gasteiger partial charge in [0.25, 0.3) is 5.91 Å². The van der Waals surface area contributed by atoms with Crippen molar-refractivity contribution in [3.8, 4) is 33.9 Å². The molecule has 1 aliphatic carbocycles. The summed E-state index contributed by atoms with van der Waals surface area (Å²) in [5.41, 5.74) is 2.76. The summed E-state index contributed by atoms with van der Waals surface area (Å²) in [6.07, 6.45) is 3.03. The van der Waals surface area contributed by atoms with Crippen molar-refractivity contribution in [2.45, 2.75) is 0 Å². The normalized spacial score (nSPS) is 11.2. The molecule has 0 spiro atoms. The predicted octanol–water partition coefficient (Wildman–Crippen LogP) is 4.11. The Balaban J connectivity index is 1.03. The van der Waals surface area contributed by atoms with E-state index in [1.54, 1.807) is 54.6 Å². The number of phenols is 2. The standard InChI is InChI=1S/C37H34N2O10/c40-25-8-5-24(6-9-25)7-14-34(43)38-15-17-46-19-20-47-18-16-39-35(44)23-48-37(45)29-4-2-1-3-28(29)36-30-12-10-26(41)21-32(30)49-33-22-27(42)11-13-31(33)36/h1-14,21-22,40-41H,15-20,23H2,(H,38,43)(H,39,44)/b14-7+. The van der Waals surface area contributed by atoms with Crippen LogP contribution in [0.5, 0.6) is 11.5 Å². The lowest BCUT2D eigenvalue weighted by Crippen LogP contribution is -2.32. The summed E-state index contributed by atoms with van der Waals surface area (Å²) >= 11 is 0. The number of esters is 1. The molecule has 12 heteroatoms. The molecular formula is C37H34N2O10. The zero-order chi connectivity index (χ0) is 34.6. The van der Waals surface area contributed by atoms with E-state index in [1.807, 2.05) is 0 Å². The quantitative estimate of drug-likeness (QED) is 0.0551. The van der Waals surface area contributed by atoms with Crippen LogP contribution in [0.4, 0.5) is 0 Å². The molecule has 252 valence electrons. The molecule has 0 unspecified atom stereocenters. The molecule has 0 saturated heterocycles. The molecule has 1 aliphatic heterocycles. The van der Waals surface area contributed by atoms with Crippen molar-refractivity contribution in [3.63, 3.8) is 0 Å². The number of rotatable bonds is 15. The fourth-order valence-corrected chi connectivity index (χ4v) is 4.94. The summed E-state index contributed by atoms with van der Waals surface area (Å²) in [6.45, 7) is 1.08. The second-order valence-electron chi connectivity index (χ2n) is 10.7. The van der Waals surface area contributed by atoms with Crippen molar-refractivity contribution in [1.82, 2.24) is 10.6 Å². The zero-order valence-electron chi connectivity index (χ0n) is 26.3. The molecule has 2 amide bonds. The lowest BCUT2D eigenvalue weighted by atomic mass is 9.91. The van der Waals surface area contributed by atoms with Gasteiger partial charge < -0.3 is 39.5 Å². The Labute approximate surface area is 280 Å². The predicted molar refractivity (Wildman–Crippen MR) is 181 cm³/mol. The topological polar surface area (TPSA) is 174 Å². The van der Waals surface area contributed by atoms with E-state index in [4.69, 9.17) is 18.6 Å². The highest BCUT2D eigenvalue weighted by molar-refractivity contribution is 6.08. The van der Waals surface area contributed by atoms with Crippen LogP contribution in [0.3, 0.4) is 0 Å². The number of amides is 2. The van der Waals surface area contributed by atoms with Crippen LogP contribution in [-0.4, -0.2) is 74.1 Å². The number of hydrogen-bond donors (Lipinski definition) is 4. The lowest BCUT2D eigenvalue weighted by Gasteiger charge is -2.17. The Morgan fingerprint density at radius 3 is 2.24 bits per heavy atom. The number of carbonyl (C=O) groups excluding carboxylic acids is 3. The van der Waals surface area contributed by atoms with Gasteiger partial charge in [-0.25, -0.2) is 4.79 Å². The minimum atomic E-state index is -0.718. The highest BCUT2D eigenvalue weighted by Crippen LogP contribution is 2.41. The number of fused-ring (bicyclic) bond motifs is 2. The van der Waals surface area contributed by atoms with Crippen LogP contribution in [0.2, 0.25) is 0 Å². The first kappa shape index (κ1) is 34.4. The van der Waals surface area contributed by atoms with Gasteiger partial charge in [-0.1, -0.05) is 30.3 Å². The first-order chi connectivity index (χ1) is 23.8. The molecule has 49 heavy (non-hydrogen) atoms. The summed E-state index contributed by atoms with van der Waals surface area (Å²) in [6, 6.07) is 22.2. The average Bonchev–Trinajstić information content (AvgIpc) is 3.10. The Morgan fingerprint density at radius 2 is 1.47 bits per heavy atom. The van der Waals surface area contributed by atoms with Gasteiger partial charge in [-0.15, -0.1) is 0 Å². The van der Waals surface area contributed by atoms with Gasteiger partial charge in [0.15, 0.2) is 12.0 Å². The van der Waals surface area contributed by atoms with E-state index in [1.165, 1.54) is 42.5 Å². The summed E-state index contributed by atoms with van der Waals surface area (Å²) < 4.78 is 22.1. The molecule has 12 nitrogen and oxygen atoms in total. The minimum absolute atomic E-state index is 0.0206. The molecule has 0 atom stereocenters. The number of phenolic OH excluding ortho intramolecular Hbond substituents is 2. The van der Waals surface area contributed by atoms with Crippen molar-refractivity contribution in [1.29, 1.82) is 0 Å². The van der Waals surface area contributed by atoms with Crippen molar-refractivity contribution in [3.05, 3.63) is 112 Å². The summed E-state index contributed by atoms with van der Waals surface area (Å²) in [5, 5.41) is 25.3. The molecule has 0 fully saturated rings. The van der Waals surface area contributed by atoms with Crippen molar-refractivity contribution < 1.29 is 43.2 Å². The molecule has 0 saturated carbocycles. The van der Waals surface area contributed by atoms with E-state index in [-0.39, 0.29) is 53.9 Å². The fourth-order valence-electron chi connectivity index (χ4n) is 4.94. The van der Waals surface area contributed by atoms with Gasteiger partial charge in [-0.3, -0.25) is 14.4 Å². The second-order valence-corrected chi connectivity index (χ2v) is 10.7. The first-order valence-electron chi connectivity index (χ1n) is 15.4. The number of benzene rings is 4. The van der Waals surface area contributed by atoms with Crippen LogP contribution in [0.1, 0.15) is 15.9 Å². The number of hydrogen-bond acceptors (Lipinski definition) is 10. The second kappa shape index (κ2) is 16.7. The van der Waals surface area contributed by atoms with Crippen LogP contribution < -0.4 is 16.1 Å². The van der Waals surface area contributed by atoms with Gasteiger partial charge in [0, 0.05) is 47.8 Å². The largest absolute Gasteiger partial charge is 0.508 e. The van der Waals surface area contributed by atoms with Crippen LogP contribution in [0, 0.1) is 0 Å². The summed E-state index contributed by atoms with van der Waals surface area (Å²) in [5.74, 6) is -1.07. The molecule has 3 aromatic carbocycles. The summed E-state index contributed by atoms with van der Waals surface area (Å²) in [4.78, 5) is 49.5. The molecule has 0 radical (unpaired) electrons. The summed E-state index contributed by atoms with van der Waals surface area (Å²) in [7, 11) is 0. The van der Waals surface area contributed by atoms with E-state index >= 15 is 0 Å². The number of carbonyl (C=O) groups is 3. The third-order valence-corrected chi connectivity index (χ3v) is 7.23. The van der Waals surface area contributed by atoms with Crippen molar-refractivity contribution >= 4 is 34.8 Å². The van der Waals surface area contributed by atoms with Gasteiger partial charge in [0.2, 0.25) is 5.91 Å². The van der Waals surface area contributed by atoms with Gasteiger partial charge in [-0.2, -0.15) is 0 Å². The third kappa shape index (κ3) is 9.53. The SMILES string of the molecule is O=C(/C=C/c1ccc(O)cc1)NCCOCCOCCNC(=O)COC(=O)c1ccccc1-c1c2ccc(=O)cc-2oc2cc(O)ccc12. The number of aromatic hydroxyl groups is 2. The van der Waals surface area contributed by atoms with E-state index in [0.717, 1.165) is 5.56 Å². The van der Waals surface area contributed by atoms with Crippen molar-refractivity contribution in [2.75, 3.05) is 46.1 Å². The molecule has 0 bridgehead atoms. The van der Waals surface area contributed by atoms with E-state index in [0.29, 0.717) is 47.4 Å². The molecule has 4 N–H and O–H groups in total. The third-order valence-electron chi connectivity index (χ3n) is 7.23. The van der Waals surface area contributed by atoms with Gasteiger partial charge >= 0.3 is 5.97 Å². The van der Waals surface area contributed by atoms with E-state index in [9.17, 15) is 29.4 Å². The Bertz CT molecular complexity index is 1980. The average molecular weight is 667 g/mol. The van der Waals surface area contributed by atoms with E-state index < -0.39 is 18.5 Å². The molecule has 2 aliphatic rings. The van der Waals surface area contributed by atoms with Crippen LogP contribution in [-0.2, 0) is 23.8 Å². The first-order valence-corrected chi connectivity index (χ1v) is 15.4. The van der Waals surface area contributed by atoms with Crippen molar-refractivity contribution in [2.24, 2.45) is 0 Å². The lowest BCUT2D eigenvalue weighted by molar-refractivity contribution is -0.124. The Hall–Kier alpha value is -5.98. The highest BCUT2D eigenvalue weighted by Gasteiger charge is 2.23. The molecule has 0 aromatic heterocycles. The van der Waals surface area contributed by atoms with Gasteiger partial charge in [-0.05, 0) is 59.7 Å². The van der Waals surface area contributed by atoms with Crippen LogP contribution in [0.25, 0.3) is 39.5 Å². The maximum atomic E-state index is 13.2. The zero-order valence-corrected chi connectivity index (χ0v) is 26.3. The monoisotopic (exact) mass is 666 g/mol. The van der Waals surface area contributed by atoms with Gasteiger partial charge in [0.1, 0.15) is 22.8 Å². The van der Waals surface area contributed by atoms with Gasteiger partial charge in [0.05, 0.1) is 32.0 Å². The molecule has 5 rings (SSSR count). The molecule has 3 aromatic rings. The fraction of sp³-hybridized carbons (Fsp3) is 0.189. The Kier molecular flexibility index (Phi) is 11.7. The number of ether oxygens (including phenoxy) is 3. The van der Waals surface area contributed by atoms with Crippen LogP contribution in [0.15, 0.2) is 100 Å². The highest BCUT2D eigenvalue weighted by atomic mass is 16.5.